The number of piperazine rings is 1. The van der Waals surface area contributed by atoms with E-state index in [-0.39, 0.29) is 11.9 Å². The normalized spacial score (nSPS) is 19.0. The van der Waals surface area contributed by atoms with Crippen LogP contribution in [0.1, 0.15) is 24.1 Å². The number of nitrogens with zero attached hydrogens (tertiary/aromatic N) is 5. The highest BCUT2D eigenvalue weighted by Crippen LogP contribution is 2.23. The maximum Gasteiger partial charge on any atom is 0.415 e. The van der Waals surface area contributed by atoms with Gasteiger partial charge in [0.25, 0.3) is 0 Å². The Labute approximate surface area is 175 Å². The first kappa shape index (κ1) is 20.5. The molecule has 2 fully saturated rings. The van der Waals surface area contributed by atoms with E-state index < -0.39 is 6.09 Å². The number of rotatable bonds is 6. The second-order valence-electron chi connectivity index (χ2n) is 7.80. The van der Waals surface area contributed by atoms with Gasteiger partial charge in [0.15, 0.2) is 0 Å². The lowest BCUT2D eigenvalue weighted by Crippen LogP contribution is -2.44. The zero-order valence-electron chi connectivity index (χ0n) is 17.3. The number of cyclic esters (lactones) is 1. The van der Waals surface area contributed by atoms with Crippen molar-refractivity contribution in [2.24, 2.45) is 0 Å². The number of anilines is 2. The molecule has 160 valence electrons. The van der Waals surface area contributed by atoms with Crippen LogP contribution in [0.15, 0.2) is 30.5 Å². The standard InChI is InChI=1S/C21H27FN6O2/c1-15(24-20-23-6-5-19(25-20)28-11-12-30-21(28)29)16-3-4-17(18(22)13-16)14-27-9-7-26(2)8-10-27/h3-6,13,15H,7-12,14H2,1-2H3,(H,23,24,25). The highest BCUT2D eigenvalue weighted by atomic mass is 19.1. The Morgan fingerprint density at radius 1 is 1.20 bits per heavy atom. The summed E-state index contributed by atoms with van der Waals surface area (Å²) in [5.41, 5.74) is 1.52. The summed E-state index contributed by atoms with van der Waals surface area (Å²) in [4.78, 5) is 26.4. The number of carbonyl (C=O) groups excluding carboxylic acids is 1. The van der Waals surface area contributed by atoms with Gasteiger partial charge in [0.05, 0.1) is 12.6 Å². The molecule has 1 aromatic heterocycles. The average molecular weight is 414 g/mol. The first-order valence-electron chi connectivity index (χ1n) is 10.2. The molecule has 3 heterocycles. The van der Waals surface area contributed by atoms with Gasteiger partial charge in [0, 0.05) is 44.5 Å². The van der Waals surface area contributed by atoms with Crippen molar-refractivity contribution in [3.63, 3.8) is 0 Å². The quantitative estimate of drug-likeness (QED) is 0.778. The molecular formula is C21H27FN6O2. The fraction of sp³-hybridized carbons (Fsp3) is 0.476. The van der Waals surface area contributed by atoms with E-state index in [2.05, 4.69) is 32.1 Å². The number of benzene rings is 1. The Bertz CT molecular complexity index is 903. The fourth-order valence-electron chi connectivity index (χ4n) is 3.66. The second kappa shape index (κ2) is 8.93. The van der Waals surface area contributed by atoms with Crippen LogP contribution in [0.2, 0.25) is 0 Å². The van der Waals surface area contributed by atoms with Crippen LogP contribution in [0, 0.1) is 5.82 Å². The first-order chi connectivity index (χ1) is 14.5. The second-order valence-corrected chi connectivity index (χ2v) is 7.80. The van der Waals surface area contributed by atoms with E-state index in [0.29, 0.717) is 37.0 Å². The molecule has 0 bridgehead atoms. The molecule has 2 aliphatic heterocycles. The molecule has 0 radical (unpaired) electrons. The molecular weight excluding hydrogens is 387 g/mol. The zero-order chi connectivity index (χ0) is 21.1. The van der Waals surface area contributed by atoms with Crippen LogP contribution in [0.4, 0.5) is 21.0 Å². The molecule has 1 amide bonds. The van der Waals surface area contributed by atoms with E-state index >= 15 is 0 Å². The maximum absolute atomic E-state index is 14.7. The summed E-state index contributed by atoms with van der Waals surface area (Å²) in [5.74, 6) is 0.659. The van der Waals surface area contributed by atoms with E-state index in [1.807, 2.05) is 19.1 Å². The Hall–Kier alpha value is -2.78. The van der Waals surface area contributed by atoms with E-state index in [4.69, 9.17) is 4.74 Å². The number of ether oxygens (including phenoxy) is 1. The Morgan fingerprint density at radius 2 is 2.00 bits per heavy atom. The van der Waals surface area contributed by atoms with Crippen molar-refractivity contribution in [1.82, 2.24) is 19.8 Å². The van der Waals surface area contributed by atoms with Crippen molar-refractivity contribution >= 4 is 17.9 Å². The molecule has 2 saturated heterocycles. The van der Waals surface area contributed by atoms with Gasteiger partial charge in [-0.25, -0.2) is 14.2 Å². The van der Waals surface area contributed by atoms with Crippen LogP contribution < -0.4 is 10.2 Å². The molecule has 30 heavy (non-hydrogen) atoms. The largest absolute Gasteiger partial charge is 0.447 e. The summed E-state index contributed by atoms with van der Waals surface area (Å²) < 4.78 is 19.7. The Kier molecular flexibility index (Phi) is 6.10. The lowest BCUT2D eigenvalue weighted by Gasteiger charge is -2.32. The van der Waals surface area contributed by atoms with Gasteiger partial charge in [-0.05, 0) is 31.7 Å². The molecule has 0 aliphatic carbocycles. The number of carbonyl (C=O) groups is 1. The van der Waals surface area contributed by atoms with Gasteiger partial charge >= 0.3 is 6.09 Å². The van der Waals surface area contributed by atoms with Crippen LogP contribution in [-0.4, -0.2) is 72.2 Å². The SMILES string of the molecule is CC(Nc1nccc(N2CCOC2=O)n1)c1ccc(CN2CCN(C)CC2)c(F)c1. The number of nitrogens with one attached hydrogen (secondary N) is 1. The molecule has 2 aromatic rings. The Morgan fingerprint density at radius 3 is 2.70 bits per heavy atom. The summed E-state index contributed by atoms with van der Waals surface area (Å²) in [6, 6.07) is 6.84. The molecule has 2 aliphatic rings. The van der Waals surface area contributed by atoms with Crippen LogP contribution in [-0.2, 0) is 11.3 Å². The summed E-state index contributed by atoms with van der Waals surface area (Å²) in [6.45, 7) is 7.28. The van der Waals surface area contributed by atoms with Gasteiger partial charge in [-0.3, -0.25) is 9.80 Å². The van der Waals surface area contributed by atoms with Gasteiger partial charge in [-0.2, -0.15) is 4.98 Å². The highest BCUT2D eigenvalue weighted by molar-refractivity contribution is 5.88. The van der Waals surface area contributed by atoms with Crippen LogP contribution in [0.5, 0.6) is 0 Å². The van der Waals surface area contributed by atoms with Crippen LogP contribution in [0.3, 0.4) is 0 Å². The Balaban J connectivity index is 1.40. The van der Waals surface area contributed by atoms with Gasteiger partial charge < -0.3 is 15.0 Å². The van der Waals surface area contributed by atoms with Gasteiger partial charge in [-0.1, -0.05) is 12.1 Å². The zero-order valence-corrected chi connectivity index (χ0v) is 17.3. The molecule has 1 aromatic carbocycles. The van der Waals surface area contributed by atoms with Crippen molar-refractivity contribution in [3.8, 4) is 0 Å². The maximum atomic E-state index is 14.7. The number of halogens is 1. The summed E-state index contributed by atoms with van der Waals surface area (Å²) in [6.07, 6.45) is 1.17. The molecule has 1 unspecified atom stereocenters. The van der Waals surface area contributed by atoms with Crippen LogP contribution in [0.25, 0.3) is 0 Å². The summed E-state index contributed by atoms with van der Waals surface area (Å²) >= 11 is 0. The lowest BCUT2D eigenvalue weighted by atomic mass is 10.0. The smallest absolute Gasteiger partial charge is 0.415 e. The van der Waals surface area contributed by atoms with Crippen molar-refractivity contribution in [1.29, 1.82) is 0 Å². The number of likely N-dealkylation sites (N-methyl/N-ethyl adjacent to an activating group) is 1. The van der Waals surface area contributed by atoms with E-state index in [9.17, 15) is 9.18 Å². The van der Waals surface area contributed by atoms with Crippen molar-refractivity contribution < 1.29 is 13.9 Å². The van der Waals surface area contributed by atoms with Gasteiger partial charge in [-0.15, -0.1) is 0 Å². The topological polar surface area (TPSA) is 73.8 Å². The van der Waals surface area contributed by atoms with Crippen molar-refractivity contribution in [3.05, 3.63) is 47.4 Å². The fourth-order valence-corrected chi connectivity index (χ4v) is 3.66. The minimum atomic E-state index is -0.411. The van der Waals surface area contributed by atoms with Crippen molar-refractivity contribution in [2.45, 2.75) is 19.5 Å². The van der Waals surface area contributed by atoms with E-state index in [0.717, 1.165) is 31.7 Å². The monoisotopic (exact) mass is 414 g/mol. The minimum absolute atomic E-state index is 0.196. The molecule has 8 nitrogen and oxygen atoms in total. The van der Waals surface area contributed by atoms with Crippen molar-refractivity contribution in [2.75, 3.05) is 56.6 Å². The molecule has 0 spiro atoms. The summed E-state index contributed by atoms with van der Waals surface area (Å²) in [5, 5.41) is 3.19. The number of amides is 1. The molecule has 1 atom stereocenters. The molecule has 1 N–H and O–H groups in total. The number of aromatic nitrogens is 2. The van der Waals surface area contributed by atoms with E-state index in [1.54, 1.807) is 18.3 Å². The third kappa shape index (κ3) is 4.68. The molecule has 4 rings (SSSR count). The number of hydrogen-bond acceptors (Lipinski definition) is 7. The third-order valence-electron chi connectivity index (χ3n) is 5.59. The molecule has 9 heteroatoms. The minimum Gasteiger partial charge on any atom is -0.447 e. The van der Waals surface area contributed by atoms with Gasteiger partial charge in [0.1, 0.15) is 18.2 Å². The van der Waals surface area contributed by atoms with Crippen LogP contribution >= 0.6 is 0 Å². The van der Waals surface area contributed by atoms with Gasteiger partial charge in [0.2, 0.25) is 5.95 Å². The average Bonchev–Trinajstić information content (AvgIpc) is 3.17. The predicted molar refractivity (Wildman–Crippen MR) is 112 cm³/mol. The third-order valence-corrected chi connectivity index (χ3v) is 5.59. The molecule has 0 saturated carbocycles. The lowest BCUT2D eigenvalue weighted by molar-refractivity contribution is 0.147. The first-order valence-corrected chi connectivity index (χ1v) is 10.2. The highest BCUT2D eigenvalue weighted by Gasteiger charge is 2.25. The van der Waals surface area contributed by atoms with E-state index in [1.165, 1.54) is 4.90 Å². The summed E-state index contributed by atoms with van der Waals surface area (Å²) in [7, 11) is 2.11. The number of hydrogen-bond donors (Lipinski definition) is 1. The predicted octanol–water partition coefficient (Wildman–Crippen LogP) is 2.49.